The number of nitrogens with one attached hydrogen (secondary N) is 1. The summed E-state index contributed by atoms with van der Waals surface area (Å²) in [7, 11) is -3.70. The fraction of sp³-hybridized carbons (Fsp3) is 0.179. The van der Waals surface area contributed by atoms with Crippen molar-refractivity contribution < 1.29 is 17.9 Å². The van der Waals surface area contributed by atoms with Gasteiger partial charge in [-0.3, -0.25) is 9.78 Å². The van der Waals surface area contributed by atoms with Crippen molar-refractivity contribution in [3.63, 3.8) is 0 Å². The Hall–Kier alpha value is -4.68. The lowest BCUT2D eigenvalue weighted by molar-refractivity contribution is 0.0983. The molecular weight excluding hydrogens is 530 g/mol. The molecule has 5 aromatic rings. The number of hydrogen-bond acceptors (Lipinski definition) is 9. The number of anilines is 1. The normalized spacial score (nSPS) is 14.3. The number of ether oxygens (including phenoxy) is 1. The fourth-order valence-corrected chi connectivity index (χ4v) is 5.16. The van der Waals surface area contributed by atoms with E-state index >= 15 is 0 Å². The fourth-order valence-electron chi connectivity index (χ4n) is 4.71. The van der Waals surface area contributed by atoms with Gasteiger partial charge in [0.05, 0.1) is 54.0 Å². The van der Waals surface area contributed by atoms with Crippen molar-refractivity contribution in [2.45, 2.75) is 0 Å². The van der Waals surface area contributed by atoms with Gasteiger partial charge >= 0.3 is 0 Å². The molecule has 0 saturated carbocycles. The Morgan fingerprint density at radius 3 is 2.60 bits per heavy atom. The van der Waals surface area contributed by atoms with Crippen LogP contribution in [0.25, 0.3) is 40.1 Å². The van der Waals surface area contributed by atoms with E-state index in [2.05, 4.69) is 20.0 Å². The zero-order chi connectivity index (χ0) is 27.7. The molecule has 1 aliphatic rings. The number of morpholine rings is 1. The molecule has 1 N–H and O–H groups in total. The molecule has 11 nitrogen and oxygen atoms in total. The lowest BCUT2D eigenvalue weighted by atomic mass is 10.1. The molecule has 0 spiro atoms. The van der Waals surface area contributed by atoms with Gasteiger partial charge in [-0.1, -0.05) is 12.1 Å². The first-order valence-corrected chi connectivity index (χ1v) is 14.5. The van der Waals surface area contributed by atoms with Crippen molar-refractivity contribution >= 4 is 50.3 Å². The van der Waals surface area contributed by atoms with Crippen molar-refractivity contribution in [3.05, 3.63) is 83.9 Å². The number of sulfonamides is 1. The summed E-state index contributed by atoms with van der Waals surface area (Å²) in [4.78, 5) is 28.9. The van der Waals surface area contributed by atoms with E-state index in [4.69, 9.17) is 9.72 Å². The number of rotatable bonds is 6. The van der Waals surface area contributed by atoms with Crippen LogP contribution in [0, 0.1) is 0 Å². The molecule has 0 atom stereocenters. The minimum atomic E-state index is -3.70. The zero-order valence-corrected chi connectivity index (χ0v) is 22.4. The van der Waals surface area contributed by atoms with Gasteiger partial charge in [0.1, 0.15) is 5.69 Å². The summed E-state index contributed by atoms with van der Waals surface area (Å²) in [5.74, 6) is -0.702. The van der Waals surface area contributed by atoms with Gasteiger partial charge in [-0.05, 0) is 54.6 Å². The summed E-state index contributed by atoms with van der Waals surface area (Å²) in [6.45, 7) is 2.84. The first-order valence-electron chi connectivity index (χ1n) is 12.6. The van der Waals surface area contributed by atoms with E-state index in [0.29, 0.717) is 35.5 Å². The topological polar surface area (TPSA) is 132 Å². The largest absolute Gasteiger partial charge is 0.378 e. The van der Waals surface area contributed by atoms with Crippen LogP contribution in [0.15, 0.2) is 67.0 Å². The number of fused-ring (bicyclic) bond motifs is 2. The number of aromatic nitrogens is 5. The van der Waals surface area contributed by atoms with Gasteiger partial charge in [0.25, 0.3) is 5.91 Å². The number of imidazole rings is 1. The molecule has 40 heavy (non-hydrogen) atoms. The van der Waals surface area contributed by atoms with Crippen LogP contribution in [-0.2, 0) is 14.8 Å². The van der Waals surface area contributed by atoms with E-state index in [1.807, 2.05) is 45.7 Å². The first-order chi connectivity index (χ1) is 19.4. The number of carbonyl (C=O) groups is 1. The zero-order valence-electron chi connectivity index (χ0n) is 21.6. The van der Waals surface area contributed by atoms with Crippen LogP contribution in [0.5, 0.6) is 0 Å². The summed E-state index contributed by atoms with van der Waals surface area (Å²) in [5.41, 5.74) is 5.27. The highest BCUT2D eigenvalue weighted by Gasteiger charge is 2.21. The standard InChI is InChI=1S/C28H25N7O4S/c1-40(37,38)33-28(36)21-5-4-7-22-20(21)10-8-19(31-22)9-11-24-26(23-6-2-3-13-29-23)35-27(32-24)25(12-14-30-35)34-15-17-39-18-16-34/h2-14H,15-18H2,1H3,(H,33,36). The van der Waals surface area contributed by atoms with Crippen molar-refractivity contribution in [3.8, 4) is 11.4 Å². The highest BCUT2D eigenvalue weighted by Crippen LogP contribution is 2.30. The quantitative estimate of drug-likeness (QED) is 0.336. The maximum Gasteiger partial charge on any atom is 0.265 e. The summed E-state index contributed by atoms with van der Waals surface area (Å²) in [6.07, 6.45) is 8.15. The number of benzene rings is 1. The molecular formula is C28H25N7O4S. The summed E-state index contributed by atoms with van der Waals surface area (Å²) in [6, 6.07) is 16.2. The van der Waals surface area contributed by atoms with Crippen LogP contribution in [0.1, 0.15) is 21.7 Å². The van der Waals surface area contributed by atoms with Gasteiger partial charge in [-0.15, -0.1) is 0 Å². The Kier molecular flexibility index (Phi) is 6.70. The molecule has 0 aliphatic carbocycles. The molecule has 4 aromatic heterocycles. The van der Waals surface area contributed by atoms with Gasteiger partial charge in [-0.25, -0.2) is 27.6 Å². The summed E-state index contributed by atoms with van der Waals surface area (Å²) < 4.78 is 32.5. The van der Waals surface area contributed by atoms with E-state index in [0.717, 1.165) is 42.1 Å². The van der Waals surface area contributed by atoms with E-state index in [-0.39, 0.29) is 5.56 Å². The van der Waals surface area contributed by atoms with Crippen LogP contribution >= 0.6 is 0 Å². The average Bonchev–Trinajstić information content (AvgIpc) is 3.34. The van der Waals surface area contributed by atoms with Crippen LogP contribution in [-0.4, -0.2) is 71.5 Å². The highest BCUT2D eigenvalue weighted by atomic mass is 32.2. The van der Waals surface area contributed by atoms with Gasteiger partial charge in [0.2, 0.25) is 10.0 Å². The van der Waals surface area contributed by atoms with E-state index in [9.17, 15) is 13.2 Å². The number of amides is 1. The van der Waals surface area contributed by atoms with Gasteiger partial charge in [-0.2, -0.15) is 5.10 Å². The number of carbonyl (C=O) groups excluding carboxylic acids is 1. The monoisotopic (exact) mass is 555 g/mol. The van der Waals surface area contributed by atoms with Crippen molar-refractivity contribution in [2.24, 2.45) is 0 Å². The average molecular weight is 556 g/mol. The molecule has 1 fully saturated rings. The molecule has 1 aliphatic heterocycles. The third-order valence-corrected chi connectivity index (χ3v) is 7.03. The second-order valence-electron chi connectivity index (χ2n) is 9.26. The van der Waals surface area contributed by atoms with Gasteiger partial charge in [0.15, 0.2) is 5.65 Å². The van der Waals surface area contributed by atoms with Crippen molar-refractivity contribution in [1.29, 1.82) is 0 Å². The number of nitrogens with zero attached hydrogens (tertiary/aromatic N) is 6. The Morgan fingerprint density at radius 2 is 1.82 bits per heavy atom. The summed E-state index contributed by atoms with van der Waals surface area (Å²) in [5, 5.41) is 5.15. The number of hydrogen-bond donors (Lipinski definition) is 1. The van der Waals surface area contributed by atoms with Crippen LogP contribution < -0.4 is 9.62 Å². The second kappa shape index (κ2) is 10.5. The molecule has 0 radical (unpaired) electrons. The number of pyridine rings is 2. The van der Waals surface area contributed by atoms with Gasteiger partial charge < -0.3 is 9.64 Å². The minimum Gasteiger partial charge on any atom is -0.378 e. The highest BCUT2D eigenvalue weighted by molar-refractivity contribution is 7.89. The van der Waals surface area contributed by atoms with E-state index < -0.39 is 15.9 Å². The Balaban J connectivity index is 1.41. The SMILES string of the molecule is CS(=O)(=O)NC(=O)c1cccc2nc(C=Cc3nc4c(N5CCOCC5)ccnn4c3-c3ccccn3)ccc12. The lowest BCUT2D eigenvalue weighted by Gasteiger charge is -2.28. The van der Waals surface area contributed by atoms with Crippen molar-refractivity contribution in [1.82, 2.24) is 29.3 Å². The maximum absolute atomic E-state index is 12.5. The molecule has 1 amide bonds. The molecule has 12 heteroatoms. The van der Waals surface area contributed by atoms with Crippen LogP contribution in [0.2, 0.25) is 0 Å². The summed E-state index contributed by atoms with van der Waals surface area (Å²) >= 11 is 0. The molecule has 0 unspecified atom stereocenters. The minimum absolute atomic E-state index is 0.227. The predicted molar refractivity (Wildman–Crippen MR) is 152 cm³/mol. The van der Waals surface area contributed by atoms with E-state index in [1.54, 1.807) is 42.7 Å². The van der Waals surface area contributed by atoms with Crippen LogP contribution in [0.4, 0.5) is 5.69 Å². The molecule has 6 rings (SSSR count). The lowest BCUT2D eigenvalue weighted by Crippen LogP contribution is -2.36. The smallest absolute Gasteiger partial charge is 0.265 e. The Morgan fingerprint density at radius 1 is 0.975 bits per heavy atom. The molecule has 0 bridgehead atoms. The molecule has 1 aromatic carbocycles. The van der Waals surface area contributed by atoms with Crippen LogP contribution in [0.3, 0.4) is 0 Å². The molecule has 5 heterocycles. The second-order valence-corrected chi connectivity index (χ2v) is 11.0. The Bertz CT molecular complexity index is 1860. The third-order valence-electron chi connectivity index (χ3n) is 6.47. The third kappa shape index (κ3) is 5.14. The van der Waals surface area contributed by atoms with E-state index in [1.165, 1.54) is 0 Å². The Labute approximate surface area is 230 Å². The van der Waals surface area contributed by atoms with Gasteiger partial charge in [0, 0.05) is 30.2 Å². The maximum atomic E-state index is 12.5. The first kappa shape index (κ1) is 25.6. The van der Waals surface area contributed by atoms with Crippen molar-refractivity contribution in [2.75, 3.05) is 37.5 Å². The predicted octanol–water partition coefficient (Wildman–Crippen LogP) is 3.04. The molecule has 202 valence electrons. The molecule has 1 saturated heterocycles.